The zero-order valence-corrected chi connectivity index (χ0v) is 12.1. The van der Waals surface area contributed by atoms with Crippen molar-refractivity contribution in [3.8, 4) is 0 Å². The highest BCUT2D eigenvalue weighted by Gasteiger charge is 2.11. The van der Waals surface area contributed by atoms with Crippen LogP contribution < -0.4 is 5.32 Å². The summed E-state index contributed by atoms with van der Waals surface area (Å²) in [7, 11) is 0. The summed E-state index contributed by atoms with van der Waals surface area (Å²) in [5.74, 6) is 0.764. The van der Waals surface area contributed by atoms with Crippen molar-refractivity contribution >= 4 is 0 Å². The molecule has 2 rings (SSSR count). The highest BCUT2D eigenvalue weighted by Crippen LogP contribution is 2.23. The van der Waals surface area contributed by atoms with Gasteiger partial charge in [-0.2, -0.15) is 0 Å². The van der Waals surface area contributed by atoms with Crippen molar-refractivity contribution in [3.05, 3.63) is 34.9 Å². The van der Waals surface area contributed by atoms with Gasteiger partial charge in [-0.1, -0.05) is 39.0 Å². The third-order valence-corrected chi connectivity index (χ3v) is 3.96. The smallest absolute Gasteiger partial charge is 0.00104 e. The quantitative estimate of drug-likeness (QED) is 0.805. The first kappa shape index (κ1) is 13.6. The van der Waals surface area contributed by atoms with Crippen molar-refractivity contribution in [2.24, 2.45) is 5.92 Å². The Balaban J connectivity index is 1.79. The molecular weight excluding hydrogens is 218 g/mol. The number of aryl methyl sites for hydroxylation is 3. The van der Waals surface area contributed by atoms with Gasteiger partial charge in [0, 0.05) is 6.04 Å². The molecule has 1 nitrogen and oxygen atoms in total. The number of hydrogen-bond acceptors (Lipinski definition) is 1. The minimum atomic E-state index is 0.604. The number of nitrogens with one attached hydrogen (secondary N) is 1. The summed E-state index contributed by atoms with van der Waals surface area (Å²) < 4.78 is 0. The van der Waals surface area contributed by atoms with E-state index in [0.29, 0.717) is 6.04 Å². The Morgan fingerprint density at radius 1 is 1.11 bits per heavy atom. The number of rotatable bonds is 6. The maximum Gasteiger partial charge on any atom is 0.00104 e. The molecule has 0 saturated heterocycles. The van der Waals surface area contributed by atoms with Crippen molar-refractivity contribution in [2.45, 2.75) is 58.9 Å². The van der Waals surface area contributed by atoms with Crippen LogP contribution in [0.2, 0.25) is 0 Å². The van der Waals surface area contributed by atoms with Gasteiger partial charge < -0.3 is 5.32 Å². The lowest BCUT2D eigenvalue weighted by Crippen LogP contribution is -2.28. The second-order valence-corrected chi connectivity index (χ2v) is 6.16. The van der Waals surface area contributed by atoms with Crippen molar-refractivity contribution in [3.63, 3.8) is 0 Å². The molecule has 0 bridgehead atoms. The summed E-state index contributed by atoms with van der Waals surface area (Å²) in [6, 6.07) is 7.75. The Hall–Kier alpha value is -0.820. The van der Waals surface area contributed by atoms with E-state index in [0.717, 1.165) is 12.5 Å². The van der Waals surface area contributed by atoms with Crippen LogP contribution >= 0.6 is 0 Å². The van der Waals surface area contributed by atoms with Crippen LogP contribution in [0.5, 0.6) is 0 Å². The van der Waals surface area contributed by atoms with E-state index >= 15 is 0 Å². The van der Waals surface area contributed by atoms with Gasteiger partial charge in [-0.15, -0.1) is 0 Å². The first-order chi connectivity index (χ1) is 8.65. The van der Waals surface area contributed by atoms with E-state index < -0.39 is 0 Å². The lowest BCUT2D eigenvalue weighted by atomic mass is 9.98. The second kappa shape index (κ2) is 6.38. The molecule has 1 unspecified atom stereocenters. The Labute approximate surface area is 112 Å². The highest BCUT2D eigenvalue weighted by atomic mass is 14.9. The molecule has 1 heteroatoms. The Morgan fingerprint density at radius 2 is 1.89 bits per heavy atom. The van der Waals surface area contributed by atoms with Crippen LogP contribution in [-0.4, -0.2) is 12.6 Å². The normalized spacial score (nSPS) is 16.0. The summed E-state index contributed by atoms with van der Waals surface area (Å²) in [4.78, 5) is 0. The zero-order chi connectivity index (χ0) is 13.0. The fourth-order valence-corrected chi connectivity index (χ4v) is 2.73. The predicted octanol–water partition coefficient (Wildman–Crippen LogP) is 3.74. The van der Waals surface area contributed by atoms with E-state index in [1.807, 2.05) is 0 Å². The fraction of sp³-hybridized carbons (Fsp3) is 0.647. The van der Waals surface area contributed by atoms with Crippen LogP contribution in [0.3, 0.4) is 0 Å². The molecular formula is C17H27N. The van der Waals surface area contributed by atoms with Crippen molar-refractivity contribution in [1.82, 2.24) is 5.32 Å². The van der Waals surface area contributed by atoms with Gasteiger partial charge in [-0.25, -0.2) is 0 Å². The van der Waals surface area contributed by atoms with Crippen LogP contribution in [0.15, 0.2) is 18.2 Å². The van der Waals surface area contributed by atoms with Crippen LogP contribution in [0.4, 0.5) is 0 Å². The SMILES string of the molecule is CC(CCc1ccc2c(c1)CCC2)CNC(C)C. The molecule has 0 saturated carbocycles. The molecule has 100 valence electrons. The molecule has 1 aliphatic rings. The van der Waals surface area contributed by atoms with Crippen LogP contribution in [-0.2, 0) is 19.3 Å². The average Bonchev–Trinajstić information content (AvgIpc) is 2.81. The minimum absolute atomic E-state index is 0.604. The molecule has 18 heavy (non-hydrogen) atoms. The molecule has 0 radical (unpaired) electrons. The fourth-order valence-electron chi connectivity index (χ4n) is 2.73. The largest absolute Gasteiger partial charge is 0.314 e. The zero-order valence-electron chi connectivity index (χ0n) is 12.1. The van der Waals surface area contributed by atoms with Gasteiger partial charge in [-0.05, 0) is 61.3 Å². The maximum atomic E-state index is 3.52. The molecule has 1 atom stereocenters. The molecule has 0 aliphatic heterocycles. The van der Waals surface area contributed by atoms with Gasteiger partial charge in [0.15, 0.2) is 0 Å². The van der Waals surface area contributed by atoms with Crippen LogP contribution in [0.1, 0.15) is 50.3 Å². The summed E-state index contributed by atoms with van der Waals surface area (Å²) >= 11 is 0. The molecule has 0 heterocycles. The number of fused-ring (bicyclic) bond motifs is 1. The Kier molecular flexibility index (Phi) is 4.82. The van der Waals surface area contributed by atoms with Gasteiger partial charge in [0.2, 0.25) is 0 Å². The first-order valence-electron chi connectivity index (χ1n) is 7.49. The van der Waals surface area contributed by atoms with E-state index in [4.69, 9.17) is 0 Å². The van der Waals surface area contributed by atoms with Gasteiger partial charge in [0.25, 0.3) is 0 Å². The van der Waals surface area contributed by atoms with Gasteiger partial charge >= 0.3 is 0 Å². The molecule has 1 aromatic carbocycles. The average molecular weight is 245 g/mol. The van der Waals surface area contributed by atoms with Crippen molar-refractivity contribution in [2.75, 3.05) is 6.54 Å². The summed E-state index contributed by atoms with van der Waals surface area (Å²) in [5.41, 5.74) is 4.74. The molecule has 1 aliphatic carbocycles. The van der Waals surface area contributed by atoms with E-state index in [-0.39, 0.29) is 0 Å². The van der Waals surface area contributed by atoms with Gasteiger partial charge in [0.1, 0.15) is 0 Å². The van der Waals surface area contributed by atoms with E-state index in [9.17, 15) is 0 Å². The Bertz CT molecular complexity index is 381. The predicted molar refractivity (Wildman–Crippen MR) is 79.1 cm³/mol. The third-order valence-electron chi connectivity index (χ3n) is 3.96. The molecule has 0 aromatic heterocycles. The Morgan fingerprint density at radius 3 is 2.67 bits per heavy atom. The van der Waals surface area contributed by atoms with Crippen LogP contribution in [0, 0.1) is 5.92 Å². The molecule has 1 aromatic rings. The maximum absolute atomic E-state index is 3.52. The highest BCUT2D eigenvalue weighted by molar-refractivity contribution is 5.35. The lowest BCUT2D eigenvalue weighted by Gasteiger charge is -2.15. The summed E-state index contributed by atoms with van der Waals surface area (Å²) in [5, 5.41) is 3.52. The second-order valence-electron chi connectivity index (χ2n) is 6.16. The van der Waals surface area contributed by atoms with E-state index in [1.54, 1.807) is 11.1 Å². The summed E-state index contributed by atoms with van der Waals surface area (Å²) in [6.45, 7) is 7.92. The molecule has 0 amide bonds. The lowest BCUT2D eigenvalue weighted by molar-refractivity contribution is 0.454. The third kappa shape index (κ3) is 3.84. The first-order valence-corrected chi connectivity index (χ1v) is 7.49. The van der Waals surface area contributed by atoms with Crippen molar-refractivity contribution < 1.29 is 0 Å². The summed E-state index contributed by atoms with van der Waals surface area (Å²) in [6.07, 6.45) is 6.47. The van der Waals surface area contributed by atoms with Gasteiger partial charge in [0.05, 0.1) is 0 Å². The number of hydrogen-bond donors (Lipinski definition) is 1. The molecule has 1 N–H and O–H groups in total. The number of benzene rings is 1. The standard InChI is InChI=1S/C17H27N/c1-13(2)18-12-14(3)7-8-15-9-10-16-5-4-6-17(16)11-15/h9-11,13-14,18H,4-8,12H2,1-3H3. The topological polar surface area (TPSA) is 12.0 Å². The van der Waals surface area contributed by atoms with E-state index in [1.165, 1.54) is 37.7 Å². The molecule has 0 fully saturated rings. The van der Waals surface area contributed by atoms with Crippen LogP contribution in [0.25, 0.3) is 0 Å². The monoisotopic (exact) mass is 245 g/mol. The molecule has 0 spiro atoms. The van der Waals surface area contributed by atoms with E-state index in [2.05, 4.69) is 44.3 Å². The van der Waals surface area contributed by atoms with Crippen molar-refractivity contribution in [1.29, 1.82) is 0 Å². The minimum Gasteiger partial charge on any atom is -0.314 e. The van der Waals surface area contributed by atoms with Gasteiger partial charge in [-0.3, -0.25) is 0 Å².